The van der Waals surface area contributed by atoms with E-state index in [0.29, 0.717) is 6.79 Å². The van der Waals surface area contributed by atoms with Gasteiger partial charge < -0.3 is 19.9 Å². The Balaban J connectivity index is 1.75. The fraction of sp³-hybridized carbons (Fsp3) is 0.500. The number of hydrogen-bond acceptors (Lipinski definition) is 4. The van der Waals surface area contributed by atoms with E-state index >= 15 is 0 Å². The molecule has 2 N–H and O–H groups in total. The quantitative estimate of drug-likeness (QED) is 0.798. The molecule has 0 amide bonds. The van der Waals surface area contributed by atoms with Gasteiger partial charge in [-0.3, -0.25) is 0 Å². The molecule has 0 spiro atoms. The van der Waals surface area contributed by atoms with E-state index in [0.717, 1.165) is 36.4 Å². The fourth-order valence-corrected chi connectivity index (χ4v) is 2.31. The Labute approximate surface area is 94.2 Å². The molecule has 16 heavy (non-hydrogen) atoms. The minimum Gasteiger partial charge on any atom is -0.454 e. The van der Waals surface area contributed by atoms with E-state index in [1.807, 2.05) is 18.2 Å². The summed E-state index contributed by atoms with van der Waals surface area (Å²) in [5.41, 5.74) is 0.982. The molecule has 1 heterocycles. The molecular formula is C12H15NO3. The van der Waals surface area contributed by atoms with E-state index in [2.05, 4.69) is 5.32 Å². The van der Waals surface area contributed by atoms with Crippen LogP contribution < -0.4 is 14.8 Å². The van der Waals surface area contributed by atoms with Gasteiger partial charge in [-0.2, -0.15) is 0 Å². The van der Waals surface area contributed by atoms with Crippen LogP contribution in [0.15, 0.2) is 18.2 Å². The highest BCUT2D eigenvalue weighted by Gasteiger charge is 2.25. The molecule has 1 saturated carbocycles. The van der Waals surface area contributed by atoms with Gasteiger partial charge in [0.1, 0.15) is 0 Å². The zero-order chi connectivity index (χ0) is 11.0. The predicted octanol–water partition coefficient (Wildman–Crippen LogP) is 1.74. The number of fused-ring (bicyclic) bond motifs is 1. The van der Waals surface area contributed by atoms with Crippen LogP contribution in [0.25, 0.3) is 0 Å². The van der Waals surface area contributed by atoms with E-state index in [1.54, 1.807) is 0 Å². The Hall–Kier alpha value is -1.42. The first kappa shape index (κ1) is 9.78. The molecule has 1 aromatic rings. The molecule has 0 bridgehead atoms. The highest BCUT2D eigenvalue weighted by Crippen LogP contribution is 2.35. The summed E-state index contributed by atoms with van der Waals surface area (Å²) in [6, 6.07) is 5.94. The van der Waals surface area contributed by atoms with Gasteiger partial charge in [-0.25, -0.2) is 0 Å². The van der Waals surface area contributed by atoms with Crippen molar-refractivity contribution < 1.29 is 14.6 Å². The van der Waals surface area contributed by atoms with Crippen LogP contribution in [0.1, 0.15) is 19.3 Å². The number of ether oxygens (including phenoxy) is 2. The Morgan fingerprint density at radius 3 is 2.88 bits per heavy atom. The van der Waals surface area contributed by atoms with Gasteiger partial charge in [0.25, 0.3) is 0 Å². The van der Waals surface area contributed by atoms with Gasteiger partial charge in [-0.05, 0) is 31.4 Å². The Bertz CT molecular complexity index is 394. The number of aliphatic hydroxyl groups is 1. The van der Waals surface area contributed by atoms with Crippen LogP contribution in [0, 0.1) is 0 Å². The maximum Gasteiger partial charge on any atom is 0.231 e. The minimum atomic E-state index is -0.231. The van der Waals surface area contributed by atoms with Gasteiger partial charge in [0.15, 0.2) is 11.5 Å². The molecule has 1 aromatic carbocycles. The number of aliphatic hydroxyl groups excluding tert-OH is 1. The lowest BCUT2D eigenvalue weighted by Crippen LogP contribution is -2.27. The lowest BCUT2D eigenvalue weighted by molar-refractivity contribution is 0.171. The van der Waals surface area contributed by atoms with Crippen molar-refractivity contribution in [2.24, 2.45) is 0 Å². The predicted molar refractivity (Wildman–Crippen MR) is 59.8 cm³/mol. The van der Waals surface area contributed by atoms with Gasteiger partial charge in [0, 0.05) is 11.8 Å². The molecule has 0 unspecified atom stereocenters. The summed E-state index contributed by atoms with van der Waals surface area (Å²) in [4.78, 5) is 0. The van der Waals surface area contributed by atoms with Crippen LogP contribution in [0.5, 0.6) is 11.5 Å². The van der Waals surface area contributed by atoms with Crippen molar-refractivity contribution in [3.8, 4) is 11.5 Å². The highest BCUT2D eigenvalue weighted by atomic mass is 16.7. The van der Waals surface area contributed by atoms with E-state index in [-0.39, 0.29) is 12.1 Å². The summed E-state index contributed by atoms with van der Waals surface area (Å²) in [5.74, 6) is 1.56. The normalized spacial score (nSPS) is 27.1. The van der Waals surface area contributed by atoms with E-state index in [4.69, 9.17) is 9.47 Å². The Kier molecular flexibility index (Phi) is 2.36. The lowest BCUT2D eigenvalue weighted by Gasteiger charge is -2.17. The second-order valence-corrected chi connectivity index (χ2v) is 4.32. The van der Waals surface area contributed by atoms with Crippen molar-refractivity contribution in [1.29, 1.82) is 0 Å². The molecule has 1 aliphatic carbocycles. The Morgan fingerprint density at radius 2 is 2.06 bits per heavy atom. The number of benzene rings is 1. The minimum absolute atomic E-state index is 0.167. The summed E-state index contributed by atoms with van der Waals surface area (Å²) < 4.78 is 10.6. The summed E-state index contributed by atoms with van der Waals surface area (Å²) >= 11 is 0. The SMILES string of the molecule is O[C@H]1CCC[C@@H]1Nc1ccc2c(c1)OCO2. The van der Waals surface area contributed by atoms with Crippen molar-refractivity contribution in [1.82, 2.24) is 0 Å². The summed E-state index contributed by atoms with van der Waals surface area (Å²) in [7, 11) is 0. The van der Waals surface area contributed by atoms with E-state index < -0.39 is 0 Å². The first-order valence-electron chi connectivity index (χ1n) is 5.67. The van der Waals surface area contributed by atoms with Gasteiger partial charge >= 0.3 is 0 Å². The van der Waals surface area contributed by atoms with Crippen molar-refractivity contribution in [3.63, 3.8) is 0 Å². The van der Waals surface area contributed by atoms with Gasteiger partial charge in [-0.1, -0.05) is 0 Å². The average molecular weight is 221 g/mol. The summed E-state index contributed by atoms with van der Waals surface area (Å²) in [6.07, 6.45) is 2.77. The molecule has 3 rings (SSSR count). The molecule has 86 valence electrons. The zero-order valence-electron chi connectivity index (χ0n) is 8.98. The van der Waals surface area contributed by atoms with Crippen LogP contribution in [-0.4, -0.2) is 24.0 Å². The summed E-state index contributed by atoms with van der Waals surface area (Å²) in [5, 5.41) is 13.1. The fourth-order valence-electron chi connectivity index (χ4n) is 2.31. The van der Waals surface area contributed by atoms with Crippen LogP contribution in [0.2, 0.25) is 0 Å². The van der Waals surface area contributed by atoms with Crippen LogP contribution in [0.4, 0.5) is 5.69 Å². The van der Waals surface area contributed by atoms with Crippen LogP contribution in [-0.2, 0) is 0 Å². The first-order valence-corrected chi connectivity index (χ1v) is 5.67. The maximum atomic E-state index is 9.73. The standard InChI is InChI=1S/C12H15NO3/c14-10-3-1-2-9(10)13-8-4-5-11-12(6-8)16-7-15-11/h4-6,9-10,13-14H,1-3,7H2/t9-,10-/m0/s1. The third-order valence-corrected chi connectivity index (χ3v) is 3.20. The summed E-state index contributed by atoms with van der Waals surface area (Å²) in [6.45, 7) is 0.296. The van der Waals surface area contributed by atoms with E-state index in [9.17, 15) is 5.11 Å². The largest absolute Gasteiger partial charge is 0.454 e. The second kappa shape index (κ2) is 3.87. The van der Waals surface area contributed by atoms with Gasteiger partial charge in [0.2, 0.25) is 6.79 Å². The lowest BCUT2D eigenvalue weighted by atomic mass is 10.2. The van der Waals surface area contributed by atoms with Crippen molar-refractivity contribution >= 4 is 5.69 Å². The van der Waals surface area contributed by atoms with Gasteiger partial charge in [-0.15, -0.1) is 0 Å². The highest BCUT2D eigenvalue weighted by molar-refractivity contribution is 5.56. The van der Waals surface area contributed by atoms with Gasteiger partial charge in [0.05, 0.1) is 12.1 Å². The average Bonchev–Trinajstić information content (AvgIpc) is 2.88. The Morgan fingerprint density at radius 1 is 1.19 bits per heavy atom. The molecule has 2 atom stereocenters. The third-order valence-electron chi connectivity index (χ3n) is 3.20. The van der Waals surface area contributed by atoms with Crippen LogP contribution in [0.3, 0.4) is 0 Å². The molecule has 1 aliphatic heterocycles. The van der Waals surface area contributed by atoms with Crippen molar-refractivity contribution in [2.75, 3.05) is 12.1 Å². The maximum absolute atomic E-state index is 9.73. The second-order valence-electron chi connectivity index (χ2n) is 4.32. The molecule has 1 fully saturated rings. The molecule has 4 heteroatoms. The molecular weight excluding hydrogens is 206 g/mol. The van der Waals surface area contributed by atoms with Crippen LogP contribution >= 0.6 is 0 Å². The molecule has 2 aliphatic rings. The smallest absolute Gasteiger partial charge is 0.231 e. The monoisotopic (exact) mass is 221 g/mol. The molecule has 4 nitrogen and oxygen atoms in total. The van der Waals surface area contributed by atoms with Crippen molar-refractivity contribution in [2.45, 2.75) is 31.4 Å². The number of anilines is 1. The number of rotatable bonds is 2. The topological polar surface area (TPSA) is 50.7 Å². The van der Waals surface area contributed by atoms with Crippen molar-refractivity contribution in [3.05, 3.63) is 18.2 Å². The number of nitrogens with one attached hydrogen (secondary N) is 1. The van der Waals surface area contributed by atoms with E-state index in [1.165, 1.54) is 0 Å². The molecule has 0 aromatic heterocycles. The molecule has 0 saturated heterocycles. The zero-order valence-corrected chi connectivity index (χ0v) is 8.98. The molecule has 0 radical (unpaired) electrons. The number of hydrogen-bond donors (Lipinski definition) is 2. The first-order chi connectivity index (χ1) is 7.83. The third kappa shape index (κ3) is 1.69.